The lowest BCUT2D eigenvalue weighted by atomic mass is 10.1. The first-order valence-corrected chi connectivity index (χ1v) is 11.0. The van der Waals surface area contributed by atoms with Gasteiger partial charge in [0.1, 0.15) is 5.01 Å². The van der Waals surface area contributed by atoms with E-state index in [0.717, 1.165) is 38.2 Å². The van der Waals surface area contributed by atoms with Crippen molar-refractivity contribution in [2.24, 2.45) is 0 Å². The number of nitrogens with zero attached hydrogens (tertiary/aromatic N) is 4. The van der Waals surface area contributed by atoms with Gasteiger partial charge in [-0.2, -0.15) is 0 Å². The van der Waals surface area contributed by atoms with Gasteiger partial charge in [0.15, 0.2) is 0 Å². The SMILES string of the molecule is Cc1ccccc1CN(C)C(=O)CN1CCN(Cc2nc3ccccc3s2)CC1. The van der Waals surface area contributed by atoms with E-state index in [4.69, 9.17) is 4.98 Å². The maximum atomic E-state index is 12.7. The number of fused-ring (bicyclic) bond motifs is 1. The van der Waals surface area contributed by atoms with E-state index in [1.165, 1.54) is 20.8 Å². The van der Waals surface area contributed by atoms with Gasteiger partial charge < -0.3 is 4.90 Å². The summed E-state index contributed by atoms with van der Waals surface area (Å²) in [5.74, 6) is 0.188. The van der Waals surface area contributed by atoms with Crippen LogP contribution < -0.4 is 0 Å². The van der Waals surface area contributed by atoms with Crippen molar-refractivity contribution in [3.8, 4) is 0 Å². The van der Waals surface area contributed by atoms with E-state index in [-0.39, 0.29) is 5.91 Å². The van der Waals surface area contributed by atoms with Crippen LogP contribution in [0.2, 0.25) is 0 Å². The molecule has 1 aromatic heterocycles. The molecule has 152 valence electrons. The van der Waals surface area contributed by atoms with Crippen molar-refractivity contribution in [3.63, 3.8) is 0 Å². The van der Waals surface area contributed by atoms with Gasteiger partial charge in [-0.05, 0) is 30.2 Å². The molecule has 1 aliphatic heterocycles. The normalized spacial score (nSPS) is 15.7. The number of piperazine rings is 1. The van der Waals surface area contributed by atoms with Crippen molar-refractivity contribution < 1.29 is 4.79 Å². The van der Waals surface area contributed by atoms with Crippen molar-refractivity contribution in [1.29, 1.82) is 0 Å². The summed E-state index contributed by atoms with van der Waals surface area (Å²) in [4.78, 5) is 24.0. The van der Waals surface area contributed by atoms with Crippen LogP contribution in [-0.2, 0) is 17.9 Å². The first-order chi connectivity index (χ1) is 14.1. The number of aryl methyl sites for hydroxylation is 1. The minimum atomic E-state index is 0.188. The third-order valence-corrected chi connectivity index (χ3v) is 6.64. The molecule has 1 amide bonds. The van der Waals surface area contributed by atoms with Gasteiger partial charge >= 0.3 is 0 Å². The second kappa shape index (κ2) is 9.03. The molecule has 4 rings (SSSR count). The number of aromatic nitrogens is 1. The number of hydrogen-bond donors (Lipinski definition) is 0. The molecule has 3 aromatic rings. The van der Waals surface area contributed by atoms with E-state index in [1.807, 2.05) is 30.1 Å². The van der Waals surface area contributed by atoms with Crippen LogP contribution in [0.5, 0.6) is 0 Å². The predicted molar refractivity (Wildman–Crippen MR) is 119 cm³/mol. The predicted octanol–water partition coefficient (Wildman–Crippen LogP) is 3.38. The Hall–Kier alpha value is -2.28. The molecule has 0 aliphatic carbocycles. The van der Waals surface area contributed by atoms with Gasteiger partial charge in [-0.1, -0.05) is 36.4 Å². The Labute approximate surface area is 176 Å². The van der Waals surface area contributed by atoms with Crippen LogP contribution in [0.15, 0.2) is 48.5 Å². The van der Waals surface area contributed by atoms with Crippen LogP contribution in [-0.4, -0.2) is 65.4 Å². The van der Waals surface area contributed by atoms with E-state index in [9.17, 15) is 4.79 Å². The minimum absolute atomic E-state index is 0.188. The quantitative estimate of drug-likeness (QED) is 0.627. The Kier molecular flexibility index (Phi) is 6.23. The third-order valence-electron chi connectivity index (χ3n) is 5.62. The van der Waals surface area contributed by atoms with Gasteiger partial charge in [-0.25, -0.2) is 4.98 Å². The van der Waals surface area contributed by atoms with E-state index >= 15 is 0 Å². The zero-order valence-corrected chi connectivity index (χ0v) is 18.0. The number of hydrogen-bond acceptors (Lipinski definition) is 5. The van der Waals surface area contributed by atoms with Crippen LogP contribution in [0, 0.1) is 6.92 Å². The molecule has 1 aliphatic rings. The number of likely N-dealkylation sites (N-methyl/N-ethyl adjacent to an activating group) is 1. The molecule has 0 unspecified atom stereocenters. The number of rotatable bonds is 6. The molecule has 5 nitrogen and oxygen atoms in total. The summed E-state index contributed by atoms with van der Waals surface area (Å²) >= 11 is 1.78. The van der Waals surface area contributed by atoms with E-state index < -0.39 is 0 Å². The summed E-state index contributed by atoms with van der Waals surface area (Å²) in [7, 11) is 1.90. The van der Waals surface area contributed by atoms with Gasteiger partial charge in [0.25, 0.3) is 0 Å². The molecular weight excluding hydrogens is 380 g/mol. The van der Waals surface area contributed by atoms with Gasteiger partial charge in [0, 0.05) is 39.8 Å². The highest BCUT2D eigenvalue weighted by Gasteiger charge is 2.21. The lowest BCUT2D eigenvalue weighted by Crippen LogP contribution is -2.49. The molecule has 0 N–H and O–H groups in total. The molecule has 6 heteroatoms. The molecule has 1 saturated heterocycles. The molecule has 0 atom stereocenters. The van der Waals surface area contributed by atoms with Crippen LogP contribution in [0.4, 0.5) is 0 Å². The first-order valence-electron chi connectivity index (χ1n) is 10.2. The maximum Gasteiger partial charge on any atom is 0.236 e. The monoisotopic (exact) mass is 408 g/mol. The lowest BCUT2D eigenvalue weighted by molar-refractivity contribution is -0.132. The van der Waals surface area contributed by atoms with E-state index in [1.54, 1.807) is 11.3 Å². The molecule has 0 saturated carbocycles. The van der Waals surface area contributed by atoms with Crippen molar-refractivity contribution in [1.82, 2.24) is 19.7 Å². The summed E-state index contributed by atoms with van der Waals surface area (Å²) in [5, 5.41) is 1.17. The second-order valence-corrected chi connectivity index (χ2v) is 8.92. The molecule has 2 heterocycles. The highest BCUT2D eigenvalue weighted by Crippen LogP contribution is 2.23. The van der Waals surface area contributed by atoms with Gasteiger partial charge in [0.05, 0.1) is 23.3 Å². The molecule has 1 fully saturated rings. The summed E-state index contributed by atoms with van der Waals surface area (Å²) in [6.45, 7) is 7.96. The van der Waals surface area contributed by atoms with Crippen molar-refractivity contribution in [2.45, 2.75) is 20.0 Å². The Balaban J connectivity index is 1.25. The van der Waals surface area contributed by atoms with Crippen LogP contribution in [0.1, 0.15) is 16.1 Å². The van der Waals surface area contributed by atoms with Crippen LogP contribution in [0.25, 0.3) is 10.2 Å². The number of thiazole rings is 1. The van der Waals surface area contributed by atoms with Crippen LogP contribution in [0.3, 0.4) is 0 Å². The Morgan fingerprint density at radius 3 is 2.48 bits per heavy atom. The fourth-order valence-electron chi connectivity index (χ4n) is 3.73. The standard InChI is InChI=1S/C23H28N4OS/c1-18-7-3-4-8-19(18)15-25(2)23(28)17-27-13-11-26(12-14-27)16-22-24-20-9-5-6-10-21(20)29-22/h3-10H,11-17H2,1-2H3. The van der Waals surface area contributed by atoms with E-state index in [0.29, 0.717) is 13.1 Å². The number of amides is 1. The van der Waals surface area contributed by atoms with E-state index in [2.05, 4.69) is 47.1 Å². The van der Waals surface area contributed by atoms with Crippen LogP contribution >= 0.6 is 11.3 Å². The fraction of sp³-hybridized carbons (Fsp3) is 0.391. The average molecular weight is 409 g/mol. The highest BCUT2D eigenvalue weighted by atomic mass is 32.1. The number of para-hydroxylation sites is 1. The van der Waals surface area contributed by atoms with Gasteiger partial charge in [-0.3, -0.25) is 14.6 Å². The molecule has 0 radical (unpaired) electrons. The molecule has 0 spiro atoms. The second-order valence-electron chi connectivity index (χ2n) is 7.80. The largest absolute Gasteiger partial charge is 0.340 e. The van der Waals surface area contributed by atoms with Crippen molar-refractivity contribution >= 4 is 27.5 Å². The topological polar surface area (TPSA) is 39.7 Å². The summed E-state index contributed by atoms with van der Waals surface area (Å²) in [5.41, 5.74) is 3.54. The van der Waals surface area contributed by atoms with Crippen molar-refractivity contribution in [2.75, 3.05) is 39.8 Å². The summed E-state index contributed by atoms with van der Waals surface area (Å²) in [6, 6.07) is 16.6. The lowest BCUT2D eigenvalue weighted by Gasteiger charge is -2.34. The van der Waals surface area contributed by atoms with Gasteiger partial charge in [0.2, 0.25) is 5.91 Å². The molecular formula is C23H28N4OS. The molecule has 29 heavy (non-hydrogen) atoms. The number of carbonyl (C=O) groups excluding carboxylic acids is 1. The number of benzene rings is 2. The van der Waals surface area contributed by atoms with Crippen molar-refractivity contribution in [3.05, 3.63) is 64.7 Å². The smallest absolute Gasteiger partial charge is 0.236 e. The summed E-state index contributed by atoms with van der Waals surface area (Å²) in [6.07, 6.45) is 0. The minimum Gasteiger partial charge on any atom is -0.340 e. The molecule has 2 aromatic carbocycles. The Morgan fingerprint density at radius 1 is 1.03 bits per heavy atom. The summed E-state index contributed by atoms with van der Waals surface area (Å²) < 4.78 is 1.25. The van der Waals surface area contributed by atoms with Gasteiger partial charge in [-0.15, -0.1) is 11.3 Å². The third kappa shape index (κ3) is 5.01. The Bertz CT molecular complexity index is 945. The first kappa shape index (κ1) is 20.0. The fourth-order valence-corrected chi connectivity index (χ4v) is 4.74. The maximum absolute atomic E-state index is 12.7. The molecule has 0 bridgehead atoms. The number of carbonyl (C=O) groups is 1. The Morgan fingerprint density at radius 2 is 1.72 bits per heavy atom. The highest BCUT2D eigenvalue weighted by molar-refractivity contribution is 7.18. The zero-order chi connectivity index (χ0) is 20.2. The average Bonchev–Trinajstić information content (AvgIpc) is 3.13. The zero-order valence-electron chi connectivity index (χ0n) is 17.2.